The lowest BCUT2D eigenvalue weighted by molar-refractivity contribution is 0.0657. The maximum atomic E-state index is 14.0. The van der Waals surface area contributed by atoms with Gasteiger partial charge in [0.15, 0.2) is 34.5 Å². The van der Waals surface area contributed by atoms with Gasteiger partial charge in [-0.3, -0.25) is 4.79 Å². The first-order chi connectivity index (χ1) is 17.9. The van der Waals surface area contributed by atoms with Crippen LogP contribution in [0.3, 0.4) is 0 Å². The highest BCUT2D eigenvalue weighted by Gasteiger charge is 2.40. The topological polar surface area (TPSA) is 107 Å². The molecule has 2 aliphatic rings. The average Bonchev–Trinajstić information content (AvgIpc) is 2.92. The smallest absolute Gasteiger partial charge is 0.254 e. The standard InChI is InChI=1S/C28H29NO8/c1-33-20-13-17-15(9-19(20)30)8-18-24-14(10-21(34-2)26(31)25(17)24)6-7-29(18)28(32)16-11-22(35-3)27(37-5)23(12-16)36-4/h9-13,18,30-31H,6-8H2,1-5H3. The van der Waals surface area contributed by atoms with E-state index in [0.29, 0.717) is 59.3 Å². The molecule has 3 aromatic carbocycles. The Morgan fingerprint density at radius 2 is 1.46 bits per heavy atom. The summed E-state index contributed by atoms with van der Waals surface area (Å²) in [5.41, 5.74) is 4.37. The number of benzene rings is 3. The van der Waals surface area contributed by atoms with Crippen molar-refractivity contribution in [2.75, 3.05) is 42.1 Å². The van der Waals surface area contributed by atoms with E-state index in [4.69, 9.17) is 23.7 Å². The Morgan fingerprint density at radius 1 is 0.811 bits per heavy atom. The molecular weight excluding hydrogens is 478 g/mol. The number of phenols is 2. The van der Waals surface area contributed by atoms with E-state index in [1.54, 1.807) is 29.2 Å². The largest absolute Gasteiger partial charge is 0.504 e. The molecule has 0 bridgehead atoms. The Balaban J connectivity index is 1.67. The van der Waals surface area contributed by atoms with Crippen LogP contribution in [0.5, 0.6) is 40.2 Å². The first-order valence-corrected chi connectivity index (χ1v) is 11.8. The van der Waals surface area contributed by atoms with Crippen LogP contribution >= 0.6 is 0 Å². The molecule has 0 aromatic heterocycles. The second kappa shape index (κ2) is 9.31. The van der Waals surface area contributed by atoms with Crippen LogP contribution in [0.1, 0.15) is 33.1 Å². The highest BCUT2D eigenvalue weighted by Crippen LogP contribution is 2.54. The summed E-state index contributed by atoms with van der Waals surface area (Å²) in [6.45, 7) is 0.456. The van der Waals surface area contributed by atoms with Gasteiger partial charge in [0.05, 0.1) is 41.6 Å². The molecule has 5 rings (SSSR count). The molecule has 1 unspecified atom stereocenters. The Bertz CT molecular complexity index is 1370. The number of carbonyl (C=O) groups is 1. The second-order valence-electron chi connectivity index (χ2n) is 8.94. The lowest BCUT2D eigenvalue weighted by Crippen LogP contribution is -2.42. The summed E-state index contributed by atoms with van der Waals surface area (Å²) in [6, 6.07) is 8.09. The van der Waals surface area contributed by atoms with Crippen molar-refractivity contribution in [2.24, 2.45) is 0 Å². The van der Waals surface area contributed by atoms with Crippen molar-refractivity contribution in [3.8, 4) is 51.4 Å². The molecule has 194 valence electrons. The van der Waals surface area contributed by atoms with Gasteiger partial charge in [0.25, 0.3) is 5.91 Å². The number of ether oxygens (including phenoxy) is 5. The molecular formula is C28H29NO8. The number of hydrogen-bond acceptors (Lipinski definition) is 8. The molecule has 0 fully saturated rings. The molecule has 0 saturated carbocycles. The van der Waals surface area contributed by atoms with Crippen molar-refractivity contribution in [1.82, 2.24) is 4.90 Å². The summed E-state index contributed by atoms with van der Waals surface area (Å²) in [6.07, 6.45) is 1.03. The van der Waals surface area contributed by atoms with Gasteiger partial charge in [-0.1, -0.05) is 0 Å². The highest BCUT2D eigenvalue weighted by molar-refractivity contribution is 5.97. The molecule has 3 aromatic rings. The summed E-state index contributed by atoms with van der Waals surface area (Å²) in [4.78, 5) is 15.7. The van der Waals surface area contributed by atoms with Crippen LogP contribution in [0.25, 0.3) is 11.1 Å². The number of carbonyl (C=O) groups excluding carboxylic acids is 1. The zero-order chi connectivity index (χ0) is 26.4. The quantitative estimate of drug-likeness (QED) is 0.514. The van der Waals surface area contributed by atoms with Gasteiger partial charge in [-0.2, -0.15) is 0 Å². The fraction of sp³-hybridized carbons (Fsp3) is 0.321. The summed E-state index contributed by atoms with van der Waals surface area (Å²) in [5, 5.41) is 21.7. The Hall–Kier alpha value is -4.27. The number of phenolic OH excluding ortho intramolecular Hbond substituents is 2. The zero-order valence-corrected chi connectivity index (χ0v) is 21.4. The molecule has 1 atom stereocenters. The van der Waals surface area contributed by atoms with Crippen molar-refractivity contribution in [1.29, 1.82) is 0 Å². The number of hydrogen-bond donors (Lipinski definition) is 2. The molecule has 1 amide bonds. The van der Waals surface area contributed by atoms with Gasteiger partial charge in [-0.05, 0) is 65.4 Å². The molecule has 37 heavy (non-hydrogen) atoms. The average molecular weight is 508 g/mol. The molecule has 0 radical (unpaired) electrons. The molecule has 1 aliphatic heterocycles. The van der Waals surface area contributed by atoms with Crippen LogP contribution in [-0.4, -0.2) is 63.1 Å². The SMILES string of the molecule is COc1cc2c(cc1O)CC1c3c(cc(OC)c(O)c3-2)CCN1C(=O)c1cc(OC)c(OC)c(OC)c1. The van der Waals surface area contributed by atoms with Crippen LogP contribution in [-0.2, 0) is 12.8 Å². The highest BCUT2D eigenvalue weighted by atomic mass is 16.5. The lowest BCUT2D eigenvalue weighted by atomic mass is 9.76. The minimum atomic E-state index is -0.373. The Labute approximate surface area is 214 Å². The predicted molar refractivity (Wildman–Crippen MR) is 136 cm³/mol. The lowest BCUT2D eigenvalue weighted by Gasteiger charge is -2.42. The summed E-state index contributed by atoms with van der Waals surface area (Å²) < 4.78 is 27.1. The molecule has 9 heteroatoms. The predicted octanol–water partition coefficient (Wildman–Crippen LogP) is 4.10. The van der Waals surface area contributed by atoms with Gasteiger partial charge in [-0.25, -0.2) is 0 Å². The number of amides is 1. The number of fused-ring (bicyclic) bond motifs is 2. The minimum Gasteiger partial charge on any atom is -0.504 e. The number of rotatable bonds is 6. The Morgan fingerprint density at radius 3 is 2.05 bits per heavy atom. The maximum absolute atomic E-state index is 14.0. The van der Waals surface area contributed by atoms with E-state index in [2.05, 4.69) is 0 Å². The van der Waals surface area contributed by atoms with Gasteiger partial charge < -0.3 is 38.8 Å². The van der Waals surface area contributed by atoms with Crippen LogP contribution in [0.2, 0.25) is 0 Å². The van der Waals surface area contributed by atoms with E-state index >= 15 is 0 Å². The van der Waals surface area contributed by atoms with Crippen molar-refractivity contribution in [3.63, 3.8) is 0 Å². The van der Waals surface area contributed by atoms with Gasteiger partial charge in [0.1, 0.15) is 0 Å². The van der Waals surface area contributed by atoms with Crippen molar-refractivity contribution >= 4 is 5.91 Å². The monoisotopic (exact) mass is 507 g/mol. The van der Waals surface area contributed by atoms with E-state index in [9.17, 15) is 15.0 Å². The normalized spacial score (nSPS) is 15.4. The summed E-state index contributed by atoms with van der Waals surface area (Å²) in [7, 11) is 7.51. The van der Waals surface area contributed by atoms with E-state index in [1.807, 2.05) is 6.07 Å². The summed E-state index contributed by atoms with van der Waals surface area (Å²) >= 11 is 0. The van der Waals surface area contributed by atoms with E-state index in [0.717, 1.165) is 22.3 Å². The minimum absolute atomic E-state index is 0.00868. The van der Waals surface area contributed by atoms with Gasteiger partial charge in [-0.15, -0.1) is 0 Å². The number of aromatic hydroxyl groups is 2. The van der Waals surface area contributed by atoms with Gasteiger partial charge in [0.2, 0.25) is 5.75 Å². The third-order valence-electron chi connectivity index (χ3n) is 7.20. The third-order valence-corrected chi connectivity index (χ3v) is 7.20. The van der Waals surface area contributed by atoms with E-state index in [1.165, 1.54) is 35.5 Å². The first-order valence-electron chi connectivity index (χ1n) is 11.8. The fourth-order valence-corrected chi connectivity index (χ4v) is 5.49. The molecule has 2 N–H and O–H groups in total. The zero-order valence-electron chi connectivity index (χ0n) is 21.4. The molecule has 0 spiro atoms. The van der Waals surface area contributed by atoms with Gasteiger partial charge in [0, 0.05) is 17.7 Å². The van der Waals surface area contributed by atoms with Crippen LogP contribution in [0.4, 0.5) is 0 Å². The van der Waals surface area contributed by atoms with Crippen LogP contribution < -0.4 is 23.7 Å². The fourth-order valence-electron chi connectivity index (χ4n) is 5.49. The van der Waals surface area contributed by atoms with Crippen LogP contribution in [0, 0.1) is 0 Å². The van der Waals surface area contributed by atoms with Gasteiger partial charge >= 0.3 is 0 Å². The first kappa shape index (κ1) is 24.4. The van der Waals surface area contributed by atoms with Crippen molar-refractivity contribution < 1.29 is 38.7 Å². The molecule has 0 saturated heterocycles. The molecule has 1 heterocycles. The van der Waals surface area contributed by atoms with Crippen LogP contribution in [0.15, 0.2) is 30.3 Å². The Kier molecular flexibility index (Phi) is 6.15. The van der Waals surface area contributed by atoms with Crippen molar-refractivity contribution in [2.45, 2.75) is 18.9 Å². The van der Waals surface area contributed by atoms with Crippen molar-refractivity contribution in [3.05, 3.63) is 52.6 Å². The van der Waals surface area contributed by atoms with E-state index in [-0.39, 0.29) is 23.4 Å². The molecule has 9 nitrogen and oxygen atoms in total. The second-order valence-corrected chi connectivity index (χ2v) is 8.94. The molecule has 1 aliphatic carbocycles. The summed E-state index contributed by atoms with van der Waals surface area (Å²) in [5.74, 6) is 1.60. The number of nitrogens with zero attached hydrogens (tertiary/aromatic N) is 1. The maximum Gasteiger partial charge on any atom is 0.254 e. The number of methoxy groups -OCH3 is 5. The third kappa shape index (κ3) is 3.73. The van der Waals surface area contributed by atoms with E-state index < -0.39 is 0 Å².